The van der Waals surface area contributed by atoms with Crippen LogP contribution in [0.4, 0.5) is 9.18 Å². The van der Waals surface area contributed by atoms with E-state index in [4.69, 9.17) is 4.74 Å². The Balaban J connectivity index is 1.79. The van der Waals surface area contributed by atoms with Crippen molar-refractivity contribution < 1.29 is 13.9 Å². The van der Waals surface area contributed by atoms with Crippen molar-refractivity contribution in [3.63, 3.8) is 0 Å². The van der Waals surface area contributed by atoms with Crippen molar-refractivity contribution in [2.75, 3.05) is 6.61 Å². The summed E-state index contributed by atoms with van der Waals surface area (Å²) in [6.45, 7) is 0.412. The van der Waals surface area contributed by atoms with Crippen molar-refractivity contribution in [1.82, 2.24) is 5.32 Å². The summed E-state index contributed by atoms with van der Waals surface area (Å²) in [5, 5.41) is 2.86. The number of benzene rings is 2. The molecule has 0 radical (unpaired) electrons. The van der Waals surface area contributed by atoms with Gasteiger partial charge < -0.3 is 10.1 Å². The molecule has 2 aliphatic heterocycles. The highest BCUT2D eigenvalue weighted by Gasteiger charge is 2.38. The lowest BCUT2D eigenvalue weighted by Crippen LogP contribution is -2.45. The number of hydrogen-bond acceptors (Lipinski definition) is 2. The maximum absolute atomic E-state index is 13.5. The summed E-state index contributed by atoms with van der Waals surface area (Å²) in [7, 11) is 0. The maximum atomic E-state index is 13.5. The molecule has 23 heavy (non-hydrogen) atoms. The van der Waals surface area contributed by atoms with Gasteiger partial charge in [-0.05, 0) is 45.8 Å². The molecule has 0 spiro atoms. The SMILES string of the molecule is O=C1N=C2c3ccccc3OCC2C(c2ccc(F)c(Br)c2)N1. The van der Waals surface area contributed by atoms with E-state index in [9.17, 15) is 9.18 Å². The number of para-hydroxylation sites is 1. The second kappa shape index (κ2) is 5.45. The van der Waals surface area contributed by atoms with Gasteiger partial charge in [0.05, 0.1) is 28.8 Å². The second-order valence-electron chi connectivity index (χ2n) is 5.51. The smallest absolute Gasteiger partial charge is 0.341 e. The van der Waals surface area contributed by atoms with E-state index in [1.807, 2.05) is 24.3 Å². The van der Waals surface area contributed by atoms with E-state index >= 15 is 0 Å². The fourth-order valence-corrected chi connectivity index (χ4v) is 3.45. The molecule has 0 saturated heterocycles. The topological polar surface area (TPSA) is 50.7 Å². The van der Waals surface area contributed by atoms with Crippen LogP contribution < -0.4 is 10.1 Å². The summed E-state index contributed by atoms with van der Waals surface area (Å²) in [5.74, 6) is 0.284. The molecule has 2 aromatic rings. The van der Waals surface area contributed by atoms with Crippen LogP contribution >= 0.6 is 15.9 Å². The Morgan fingerprint density at radius 1 is 1.26 bits per heavy atom. The number of amides is 2. The third-order valence-corrected chi connectivity index (χ3v) is 4.75. The molecule has 0 aromatic heterocycles. The molecule has 6 heteroatoms. The highest BCUT2D eigenvalue weighted by atomic mass is 79.9. The van der Waals surface area contributed by atoms with Crippen molar-refractivity contribution in [3.8, 4) is 5.75 Å². The number of fused-ring (bicyclic) bond motifs is 3. The number of aliphatic imine (C=N–C) groups is 1. The third kappa shape index (κ3) is 2.43. The van der Waals surface area contributed by atoms with Crippen LogP contribution in [0, 0.1) is 11.7 Å². The molecular formula is C17H12BrFN2O2. The maximum Gasteiger partial charge on any atom is 0.341 e. The summed E-state index contributed by atoms with van der Waals surface area (Å²) in [5.41, 5.74) is 2.37. The summed E-state index contributed by atoms with van der Waals surface area (Å²) < 4.78 is 19.7. The molecule has 0 bridgehead atoms. The van der Waals surface area contributed by atoms with Gasteiger partial charge in [-0.2, -0.15) is 4.99 Å². The van der Waals surface area contributed by atoms with Gasteiger partial charge in [0.1, 0.15) is 11.6 Å². The standard InChI is InChI=1S/C17H12BrFN2O2/c18-12-7-9(5-6-13(12)19)15-11-8-23-14-4-2-1-3-10(14)16(11)21-17(22)20-15/h1-7,11,15H,8H2,(H,20,22). The molecule has 4 nitrogen and oxygen atoms in total. The lowest BCUT2D eigenvalue weighted by atomic mass is 9.83. The van der Waals surface area contributed by atoms with Crippen molar-refractivity contribution in [2.24, 2.45) is 10.9 Å². The Morgan fingerprint density at radius 2 is 2.09 bits per heavy atom. The molecular weight excluding hydrogens is 363 g/mol. The Bertz CT molecular complexity index is 837. The van der Waals surface area contributed by atoms with E-state index in [-0.39, 0.29) is 17.8 Å². The van der Waals surface area contributed by atoms with Gasteiger partial charge in [-0.25, -0.2) is 9.18 Å². The zero-order valence-corrected chi connectivity index (χ0v) is 13.5. The molecule has 2 atom stereocenters. The molecule has 0 aliphatic carbocycles. The lowest BCUT2D eigenvalue weighted by Gasteiger charge is -2.36. The minimum atomic E-state index is -0.390. The van der Waals surface area contributed by atoms with Gasteiger partial charge in [-0.3, -0.25) is 0 Å². The lowest BCUT2D eigenvalue weighted by molar-refractivity contribution is 0.217. The van der Waals surface area contributed by atoms with Gasteiger partial charge >= 0.3 is 6.03 Å². The predicted molar refractivity (Wildman–Crippen MR) is 87.3 cm³/mol. The molecule has 1 N–H and O–H groups in total. The number of carbonyl (C=O) groups is 1. The summed E-state index contributed by atoms with van der Waals surface area (Å²) in [6, 6.07) is 11.6. The second-order valence-corrected chi connectivity index (χ2v) is 6.37. The van der Waals surface area contributed by atoms with E-state index in [0.717, 1.165) is 22.6 Å². The molecule has 4 rings (SSSR count). The van der Waals surface area contributed by atoms with Gasteiger partial charge in [0.2, 0.25) is 0 Å². The minimum Gasteiger partial charge on any atom is -0.492 e. The first-order valence-electron chi connectivity index (χ1n) is 7.20. The fourth-order valence-electron chi connectivity index (χ4n) is 3.06. The molecule has 2 aromatic carbocycles. The number of nitrogens with one attached hydrogen (secondary N) is 1. The highest BCUT2D eigenvalue weighted by molar-refractivity contribution is 9.10. The van der Waals surface area contributed by atoms with Crippen molar-refractivity contribution in [1.29, 1.82) is 0 Å². The minimum absolute atomic E-state index is 0.111. The van der Waals surface area contributed by atoms with E-state index in [2.05, 4.69) is 26.2 Å². The number of nitrogens with zero attached hydrogens (tertiary/aromatic N) is 1. The fraction of sp³-hybridized carbons (Fsp3) is 0.176. The van der Waals surface area contributed by atoms with Crippen LogP contribution in [0.15, 0.2) is 51.9 Å². The third-order valence-electron chi connectivity index (χ3n) is 4.14. The number of rotatable bonds is 1. The highest BCUT2D eigenvalue weighted by Crippen LogP contribution is 2.37. The molecule has 2 aliphatic rings. The predicted octanol–water partition coefficient (Wildman–Crippen LogP) is 3.85. The van der Waals surface area contributed by atoms with Gasteiger partial charge in [-0.1, -0.05) is 18.2 Å². The van der Waals surface area contributed by atoms with Crippen LogP contribution in [0.2, 0.25) is 0 Å². The van der Waals surface area contributed by atoms with Gasteiger partial charge in [0.25, 0.3) is 0 Å². The Kier molecular flexibility index (Phi) is 3.41. The van der Waals surface area contributed by atoms with Crippen LogP contribution in [-0.4, -0.2) is 18.3 Å². The summed E-state index contributed by atoms with van der Waals surface area (Å²) in [4.78, 5) is 16.2. The number of hydrogen-bond donors (Lipinski definition) is 1. The van der Waals surface area contributed by atoms with Crippen LogP contribution in [-0.2, 0) is 0 Å². The normalized spacial score (nSPS) is 22.3. The van der Waals surface area contributed by atoms with E-state index < -0.39 is 6.03 Å². The number of ether oxygens (including phenoxy) is 1. The number of carbonyl (C=O) groups excluding carboxylic acids is 1. The molecule has 2 unspecified atom stereocenters. The van der Waals surface area contributed by atoms with Gasteiger partial charge in [0.15, 0.2) is 0 Å². The average molecular weight is 375 g/mol. The monoisotopic (exact) mass is 374 g/mol. The first-order chi connectivity index (χ1) is 11.1. The first kappa shape index (κ1) is 14.4. The number of halogens is 2. The molecule has 2 heterocycles. The van der Waals surface area contributed by atoms with Crippen molar-refractivity contribution in [3.05, 3.63) is 63.9 Å². The Labute approximate surface area is 140 Å². The zero-order valence-electron chi connectivity index (χ0n) is 11.9. The summed E-state index contributed by atoms with van der Waals surface area (Å²) >= 11 is 3.19. The number of urea groups is 1. The van der Waals surface area contributed by atoms with Crippen LogP contribution in [0.3, 0.4) is 0 Å². The molecule has 2 amide bonds. The Morgan fingerprint density at radius 3 is 2.91 bits per heavy atom. The van der Waals surface area contributed by atoms with Crippen LogP contribution in [0.1, 0.15) is 17.2 Å². The first-order valence-corrected chi connectivity index (χ1v) is 7.99. The molecule has 0 fully saturated rings. The van der Waals surface area contributed by atoms with Gasteiger partial charge in [-0.15, -0.1) is 0 Å². The average Bonchev–Trinajstić information content (AvgIpc) is 2.56. The van der Waals surface area contributed by atoms with E-state index in [0.29, 0.717) is 11.1 Å². The van der Waals surface area contributed by atoms with Crippen molar-refractivity contribution >= 4 is 27.7 Å². The van der Waals surface area contributed by atoms with Gasteiger partial charge in [0, 0.05) is 5.56 Å². The quantitative estimate of drug-likeness (QED) is 0.823. The van der Waals surface area contributed by atoms with Crippen LogP contribution in [0.25, 0.3) is 0 Å². The van der Waals surface area contributed by atoms with E-state index in [1.165, 1.54) is 6.07 Å². The van der Waals surface area contributed by atoms with E-state index in [1.54, 1.807) is 12.1 Å². The summed E-state index contributed by atoms with van der Waals surface area (Å²) in [6.07, 6.45) is 0. The zero-order chi connectivity index (χ0) is 16.0. The molecule has 116 valence electrons. The van der Waals surface area contributed by atoms with Crippen LogP contribution in [0.5, 0.6) is 5.75 Å². The Hall–Kier alpha value is -2.21. The molecule has 0 saturated carbocycles. The van der Waals surface area contributed by atoms with Crippen molar-refractivity contribution in [2.45, 2.75) is 6.04 Å². The largest absolute Gasteiger partial charge is 0.492 e.